The van der Waals surface area contributed by atoms with Gasteiger partial charge in [-0.25, -0.2) is 0 Å². The van der Waals surface area contributed by atoms with Crippen molar-refractivity contribution in [2.24, 2.45) is 23.5 Å². The van der Waals surface area contributed by atoms with E-state index < -0.39 is 0 Å². The summed E-state index contributed by atoms with van der Waals surface area (Å²) >= 11 is 0. The van der Waals surface area contributed by atoms with Crippen LogP contribution in [0.15, 0.2) is 0 Å². The molecule has 3 nitrogen and oxygen atoms in total. The molecule has 3 fully saturated rings. The molecule has 1 saturated heterocycles. The van der Waals surface area contributed by atoms with Crippen molar-refractivity contribution in [1.82, 2.24) is 9.80 Å². The molecule has 5 atom stereocenters. The lowest BCUT2D eigenvalue weighted by molar-refractivity contribution is 0.0131. The molecule has 2 bridgehead atoms. The summed E-state index contributed by atoms with van der Waals surface area (Å²) in [5, 5.41) is 0. The molecule has 2 N–H and O–H groups in total. The lowest BCUT2D eigenvalue weighted by atomic mass is 9.80. The lowest BCUT2D eigenvalue weighted by Crippen LogP contribution is -2.60. The Hall–Kier alpha value is -0.120. The zero-order valence-corrected chi connectivity index (χ0v) is 13.6. The minimum absolute atomic E-state index is 0.258. The highest BCUT2D eigenvalue weighted by molar-refractivity contribution is 5.00. The number of hydrogen-bond donors (Lipinski definition) is 1. The van der Waals surface area contributed by atoms with Gasteiger partial charge in [0, 0.05) is 24.7 Å². The molecule has 3 rings (SSSR count). The van der Waals surface area contributed by atoms with E-state index in [0.29, 0.717) is 6.04 Å². The molecule has 0 aromatic carbocycles. The molecular formula is C17H33N3. The SMILES string of the molecule is CC1CC(CN)(N(C)CC2CC3CCC2C3)CCN1C. The first-order valence-corrected chi connectivity index (χ1v) is 8.65. The number of likely N-dealkylation sites (tertiary alicyclic amines) is 1. The van der Waals surface area contributed by atoms with Gasteiger partial charge in [-0.3, -0.25) is 4.90 Å². The van der Waals surface area contributed by atoms with Crippen molar-refractivity contribution < 1.29 is 0 Å². The minimum Gasteiger partial charge on any atom is -0.329 e. The monoisotopic (exact) mass is 279 g/mol. The Balaban J connectivity index is 1.63. The molecule has 1 aliphatic heterocycles. The molecular weight excluding hydrogens is 246 g/mol. The number of likely N-dealkylation sites (N-methyl/N-ethyl adjacent to an activating group) is 1. The van der Waals surface area contributed by atoms with Crippen LogP contribution < -0.4 is 5.73 Å². The van der Waals surface area contributed by atoms with Crippen LogP contribution in [0.4, 0.5) is 0 Å². The normalized spacial score (nSPS) is 45.5. The number of fused-ring (bicyclic) bond motifs is 2. The maximum Gasteiger partial charge on any atom is 0.0355 e. The molecule has 0 radical (unpaired) electrons. The van der Waals surface area contributed by atoms with Gasteiger partial charge >= 0.3 is 0 Å². The zero-order valence-electron chi connectivity index (χ0n) is 13.6. The Kier molecular flexibility index (Phi) is 4.13. The van der Waals surface area contributed by atoms with Crippen molar-refractivity contribution in [3.63, 3.8) is 0 Å². The second-order valence-corrected chi connectivity index (χ2v) is 8.03. The first-order valence-electron chi connectivity index (χ1n) is 8.65. The van der Waals surface area contributed by atoms with Crippen LogP contribution in [0.2, 0.25) is 0 Å². The third-order valence-electron chi connectivity index (χ3n) is 6.94. The van der Waals surface area contributed by atoms with Gasteiger partial charge in [0.25, 0.3) is 0 Å². The largest absolute Gasteiger partial charge is 0.329 e. The molecule has 2 saturated carbocycles. The quantitative estimate of drug-likeness (QED) is 0.856. The first-order chi connectivity index (χ1) is 9.54. The van der Waals surface area contributed by atoms with Gasteiger partial charge in [0.1, 0.15) is 0 Å². The van der Waals surface area contributed by atoms with Gasteiger partial charge in [-0.15, -0.1) is 0 Å². The predicted octanol–water partition coefficient (Wildman–Crippen LogP) is 2.17. The zero-order chi connectivity index (χ0) is 14.3. The van der Waals surface area contributed by atoms with Crippen LogP contribution in [0.5, 0.6) is 0 Å². The molecule has 3 heteroatoms. The van der Waals surface area contributed by atoms with Crippen LogP contribution in [-0.2, 0) is 0 Å². The highest BCUT2D eigenvalue weighted by Crippen LogP contribution is 2.49. The van der Waals surface area contributed by atoms with E-state index in [-0.39, 0.29) is 5.54 Å². The van der Waals surface area contributed by atoms with E-state index in [1.165, 1.54) is 51.6 Å². The fourth-order valence-electron chi connectivity index (χ4n) is 5.25. The summed E-state index contributed by atoms with van der Waals surface area (Å²) in [4.78, 5) is 5.14. The van der Waals surface area contributed by atoms with Crippen LogP contribution in [0.25, 0.3) is 0 Å². The number of rotatable bonds is 4. The maximum absolute atomic E-state index is 6.24. The van der Waals surface area contributed by atoms with E-state index >= 15 is 0 Å². The van der Waals surface area contributed by atoms with Crippen LogP contribution in [0.1, 0.15) is 45.4 Å². The van der Waals surface area contributed by atoms with Crippen LogP contribution in [-0.4, -0.2) is 55.1 Å². The second-order valence-electron chi connectivity index (χ2n) is 8.03. The van der Waals surface area contributed by atoms with Crippen LogP contribution in [0, 0.1) is 17.8 Å². The number of hydrogen-bond acceptors (Lipinski definition) is 3. The van der Waals surface area contributed by atoms with E-state index in [1.54, 1.807) is 0 Å². The second kappa shape index (κ2) is 5.58. The van der Waals surface area contributed by atoms with Gasteiger partial charge in [0.15, 0.2) is 0 Å². The van der Waals surface area contributed by atoms with Crippen molar-refractivity contribution in [3.8, 4) is 0 Å². The Bertz CT molecular complexity index is 345. The Morgan fingerprint density at radius 1 is 1.30 bits per heavy atom. The van der Waals surface area contributed by atoms with Gasteiger partial charge in [-0.05, 0) is 77.4 Å². The van der Waals surface area contributed by atoms with Crippen molar-refractivity contribution in [2.75, 3.05) is 33.7 Å². The highest BCUT2D eigenvalue weighted by atomic mass is 15.2. The number of nitrogens with two attached hydrogens (primary N) is 1. The summed E-state index contributed by atoms with van der Waals surface area (Å²) < 4.78 is 0. The topological polar surface area (TPSA) is 32.5 Å². The molecule has 20 heavy (non-hydrogen) atoms. The van der Waals surface area contributed by atoms with Gasteiger partial charge in [-0.2, -0.15) is 0 Å². The molecule has 0 aromatic rings. The predicted molar refractivity (Wildman–Crippen MR) is 84.7 cm³/mol. The third-order valence-corrected chi connectivity index (χ3v) is 6.94. The molecule has 2 aliphatic carbocycles. The first kappa shape index (κ1) is 14.8. The molecule has 1 heterocycles. The number of nitrogens with zero attached hydrogens (tertiary/aromatic N) is 2. The van der Waals surface area contributed by atoms with Gasteiger partial charge in [0.05, 0.1) is 0 Å². The van der Waals surface area contributed by atoms with E-state index in [1.807, 2.05) is 0 Å². The fraction of sp³-hybridized carbons (Fsp3) is 1.00. The lowest BCUT2D eigenvalue weighted by Gasteiger charge is -2.50. The Labute approximate surface area is 124 Å². The number of piperidine rings is 1. The van der Waals surface area contributed by atoms with E-state index in [9.17, 15) is 0 Å². The average Bonchev–Trinajstić information content (AvgIpc) is 3.04. The van der Waals surface area contributed by atoms with E-state index in [4.69, 9.17) is 5.73 Å². The highest BCUT2D eigenvalue weighted by Gasteiger charge is 2.44. The van der Waals surface area contributed by atoms with E-state index in [2.05, 4.69) is 30.8 Å². The van der Waals surface area contributed by atoms with Crippen molar-refractivity contribution >= 4 is 0 Å². The van der Waals surface area contributed by atoms with Crippen LogP contribution >= 0.6 is 0 Å². The van der Waals surface area contributed by atoms with Gasteiger partial charge < -0.3 is 10.6 Å². The average molecular weight is 279 g/mol. The summed E-state index contributed by atoms with van der Waals surface area (Å²) in [5.41, 5.74) is 6.49. The van der Waals surface area contributed by atoms with Gasteiger partial charge in [0.2, 0.25) is 0 Å². The summed E-state index contributed by atoms with van der Waals surface area (Å²) in [6, 6.07) is 0.662. The Morgan fingerprint density at radius 3 is 2.65 bits per heavy atom. The summed E-state index contributed by atoms with van der Waals surface area (Å²) in [6.45, 7) is 5.66. The molecule has 3 aliphatic rings. The smallest absolute Gasteiger partial charge is 0.0355 e. The minimum atomic E-state index is 0.258. The molecule has 5 unspecified atom stereocenters. The molecule has 0 amide bonds. The standard InChI is InChI=1S/C17H33N3/c1-13-10-17(12-18,6-7-19(13)2)20(3)11-16-9-14-4-5-15(16)8-14/h13-16H,4-12,18H2,1-3H3. The summed E-state index contributed by atoms with van der Waals surface area (Å²) in [7, 11) is 4.60. The van der Waals surface area contributed by atoms with Crippen LogP contribution in [0.3, 0.4) is 0 Å². The van der Waals surface area contributed by atoms with Crippen molar-refractivity contribution in [3.05, 3.63) is 0 Å². The van der Waals surface area contributed by atoms with E-state index in [0.717, 1.165) is 24.3 Å². The molecule has 116 valence electrons. The Morgan fingerprint density at radius 2 is 2.10 bits per heavy atom. The molecule has 0 spiro atoms. The van der Waals surface area contributed by atoms with Gasteiger partial charge in [-0.1, -0.05) is 6.42 Å². The fourth-order valence-corrected chi connectivity index (χ4v) is 5.25. The van der Waals surface area contributed by atoms with Crippen molar-refractivity contribution in [2.45, 2.75) is 57.0 Å². The molecule has 0 aromatic heterocycles. The maximum atomic E-state index is 6.24. The van der Waals surface area contributed by atoms with Crippen molar-refractivity contribution in [1.29, 1.82) is 0 Å². The summed E-state index contributed by atoms with van der Waals surface area (Å²) in [6.07, 6.45) is 8.49. The summed E-state index contributed by atoms with van der Waals surface area (Å²) in [5.74, 6) is 3.04. The third kappa shape index (κ3) is 2.53.